The fourth-order valence-corrected chi connectivity index (χ4v) is 0.333. The van der Waals surface area contributed by atoms with Gasteiger partial charge in [-0.2, -0.15) is 0 Å². The average Bonchev–Trinajstić information content (AvgIpc) is 1.91. The highest BCUT2D eigenvalue weighted by Crippen LogP contribution is 1.96. The Morgan fingerprint density at radius 3 is 2.86 bits per heavy atom. The van der Waals surface area contributed by atoms with Crippen molar-refractivity contribution in [1.29, 1.82) is 0 Å². The molecule has 1 rings (SSSR count). The van der Waals surface area contributed by atoms with E-state index in [-0.39, 0.29) is 0 Å². The van der Waals surface area contributed by atoms with Crippen molar-refractivity contribution in [1.82, 2.24) is 5.01 Å². The van der Waals surface area contributed by atoms with Crippen molar-refractivity contribution in [3.8, 4) is 0 Å². The van der Waals surface area contributed by atoms with E-state index in [0.29, 0.717) is 5.82 Å². The van der Waals surface area contributed by atoms with Gasteiger partial charge in [-0.25, -0.2) is 0 Å². The normalized spacial score (nSPS) is 16.7. The Balaban J connectivity index is 2.69. The van der Waals surface area contributed by atoms with Gasteiger partial charge in [0.2, 0.25) is 12.3 Å². The van der Waals surface area contributed by atoms with E-state index in [4.69, 9.17) is 5.73 Å². The Labute approximate surface area is 42.1 Å². The first-order valence-electron chi connectivity index (χ1n) is 1.96. The van der Waals surface area contributed by atoms with Crippen molar-refractivity contribution in [3.05, 3.63) is 11.9 Å². The highest BCUT2D eigenvalue weighted by atomic mass is 15.5. The minimum atomic E-state index is 0.639. The molecule has 1 aliphatic rings. The maximum atomic E-state index is 5.31. The molecule has 1 aliphatic heterocycles. The first-order chi connectivity index (χ1) is 3.30. The molecular weight excluding hydrogens is 90.1 g/mol. The molecule has 0 atom stereocenters. The molecule has 1 heterocycles. The highest BCUT2D eigenvalue weighted by molar-refractivity contribution is 5.73. The predicted molar refractivity (Wildman–Crippen MR) is 27.5 cm³/mol. The van der Waals surface area contributed by atoms with Gasteiger partial charge in [-0.15, -0.1) is 5.01 Å². The molecule has 0 aromatic rings. The summed E-state index contributed by atoms with van der Waals surface area (Å²) in [6, 6.07) is 0. The van der Waals surface area contributed by atoms with Gasteiger partial charge in [-0.3, -0.25) is 0 Å². The zero-order valence-electron chi connectivity index (χ0n) is 4.05. The maximum Gasteiger partial charge on any atom is 0.269 e. The lowest BCUT2D eigenvalue weighted by Gasteiger charge is -1.92. The van der Waals surface area contributed by atoms with E-state index in [2.05, 4.69) is 11.3 Å². The second-order valence-corrected chi connectivity index (χ2v) is 1.32. The van der Waals surface area contributed by atoms with E-state index in [9.17, 15) is 0 Å². The SMILES string of the molecule is CN1N=[C+]C=C1N. The van der Waals surface area contributed by atoms with Crippen molar-refractivity contribution < 1.29 is 0 Å². The fourth-order valence-electron chi connectivity index (χ4n) is 0.333. The summed E-state index contributed by atoms with van der Waals surface area (Å²) >= 11 is 0. The Morgan fingerprint density at radius 1 is 2.00 bits per heavy atom. The molecule has 0 aromatic heterocycles. The number of hydrazone groups is 1. The molecule has 3 nitrogen and oxygen atoms in total. The van der Waals surface area contributed by atoms with Crippen LogP contribution in [0.2, 0.25) is 0 Å². The largest absolute Gasteiger partial charge is 0.307 e. The zero-order chi connectivity index (χ0) is 5.28. The van der Waals surface area contributed by atoms with E-state index in [0.717, 1.165) is 0 Å². The summed E-state index contributed by atoms with van der Waals surface area (Å²) in [5.41, 5.74) is 5.31. The minimum absolute atomic E-state index is 0.639. The molecule has 0 aliphatic carbocycles. The van der Waals surface area contributed by atoms with Crippen LogP contribution in [0.15, 0.2) is 17.0 Å². The minimum Gasteiger partial charge on any atom is -0.307 e. The molecule has 0 radical (unpaired) electrons. The van der Waals surface area contributed by atoms with Crippen LogP contribution >= 0.6 is 0 Å². The lowest BCUT2D eigenvalue weighted by Crippen LogP contribution is -2.13. The molecule has 0 unspecified atom stereocenters. The summed E-state index contributed by atoms with van der Waals surface area (Å²) in [4.78, 5) is 0. The molecule has 2 N–H and O–H groups in total. The van der Waals surface area contributed by atoms with Crippen molar-refractivity contribution in [2.24, 2.45) is 10.8 Å². The van der Waals surface area contributed by atoms with Gasteiger partial charge in [0.25, 0.3) is 5.82 Å². The van der Waals surface area contributed by atoms with Gasteiger partial charge in [-0.05, 0) is 0 Å². The van der Waals surface area contributed by atoms with Crippen LogP contribution < -0.4 is 5.73 Å². The zero-order valence-corrected chi connectivity index (χ0v) is 4.05. The standard InChI is InChI=1S/C4H6N3/c1-7-4(5)2-3-6-7/h2H,5H2,1H3/q+1. The van der Waals surface area contributed by atoms with E-state index in [1.54, 1.807) is 18.1 Å². The number of allylic oxidation sites excluding steroid dienone is 1. The third-order valence-corrected chi connectivity index (χ3v) is 0.794. The van der Waals surface area contributed by atoms with E-state index in [1.807, 2.05) is 0 Å². The number of hydrogen-bond donors (Lipinski definition) is 1. The topological polar surface area (TPSA) is 41.6 Å². The Morgan fingerprint density at radius 2 is 2.71 bits per heavy atom. The first-order valence-corrected chi connectivity index (χ1v) is 1.96. The van der Waals surface area contributed by atoms with Gasteiger partial charge < -0.3 is 5.73 Å². The highest BCUT2D eigenvalue weighted by Gasteiger charge is 2.12. The van der Waals surface area contributed by atoms with Crippen LogP contribution in [-0.2, 0) is 0 Å². The monoisotopic (exact) mass is 96.1 g/mol. The quantitative estimate of drug-likeness (QED) is 0.417. The summed E-state index contributed by atoms with van der Waals surface area (Å²) in [6.07, 6.45) is 4.21. The molecule has 3 heteroatoms. The number of hydrogen-bond acceptors (Lipinski definition) is 3. The van der Waals surface area contributed by atoms with Gasteiger partial charge in [0.15, 0.2) is 0 Å². The molecule has 0 saturated carbocycles. The Bertz CT molecular complexity index is 125. The van der Waals surface area contributed by atoms with Crippen LogP contribution in [0.25, 0.3) is 0 Å². The lowest BCUT2D eigenvalue weighted by atomic mass is 10.6. The molecule has 0 amide bonds. The molecule has 36 valence electrons. The summed E-state index contributed by atoms with van der Waals surface area (Å²) in [6.45, 7) is 0. The van der Waals surface area contributed by atoms with Crippen LogP contribution in [0.3, 0.4) is 0 Å². The van der Waals surface area contributed by atoms with Crippen LogP contribution in [0.1, 0.15) is 0 Å². The van der Waals surface area contributed by atoms with Crippen molar-refractivity contribution in [2.45, 2.75) is 0 Å². The molecule has 0 spiro atoms. The molecule has 0 bridgehead atoms. The molecular formula is C4H6N3+. The van der Waals surface area contributed by atoms with E-state index >= 15 is 0 Å². The third-order valence-electron chi connectivity index (χ3n) is 0.794. The van der Waals surface area contributed by atoms with E-state index < -0.39 is 0 Å². The maximum absolute atomic E-state index is 5.31. The van der Waals surface area contributed by atoms with Gasteiger partial charge in [0, 0.05) is 5.10 Å². The van der Waals surface area contributed by atoms with Crippen LogP contribution in [0.4, 0.5) is 0 Å². The van der Waals surface area contributed by atoms with Crippen molar-refractivity contribution >= 4 is 6.21 Å². The second-order valence-electron chi connectivity index (χ2n) is 1.32. The Hall–Kier alpha value is -1.08. The van der Waals surface area contributed by atoms with Crippen LogP contribution in [0.5, 0.6) is 0 Å². The number of rotatable bonds is 0. The second kappa shape index (κ2) is 1.21. The van der Waals surface area contributed by atoms with Crippen molar-refractivity contribution in [3.63, 3.8) is 0 Å². The van der Waals surface area contributed by atoms with Crippen LogP contribution in [0, 0.1) is 0 Å². The van der Waals surface area contributed by atoms with Gasteiger partial charge in [0.05, 0.1) is 7.05 Å². The fraction of sp³-hybridized carbons (Fsp3) is 0.250. The van der Waals surface area contributed by atoms with Crippen LogP contribution in [-0.4, -0.2) is 18.3 Å². The molecule has 7 heavy (non-hydrogen) atoms. The third kappa shape index (κ3) is 0.527. The van der Waals surface area contributed by atoms with Gasteiger partial charge >= 0.3 is 0 Å². The Kier molecular flexibility index (Phi) is 0.704. The number of nitrogens with two attached hydrogens (primary N) is 1. The summed E-state index contributed by atoms with van der Waals surface area (Å²) in [5.74, 6) is 0.639. The lowest BCUT2D eigenvalue weighted by molar-refractivity contribution is 0.455. The summed E-state index contributed by atoms with van der Waals surface area (Å²) < 4.78 is 0. The van der Waals surface area contributed by atoms with Crippen molar-refractivity contribution in [2.75, 3.05) is 7.05 Å². The molecule has 0 aromatic carbocycles. The van der Waals surface area contributed by atoms with E-state index in [1.165, 1.54) is 0 Å². The van der Waals surface area contributed by atoms with Gasteiger partial charge in [0.1, 0.15) is 0 Å². The van der Waals surface area contributed by atoms with Gasteiger partial charge in [-0.1, -0.05) is 0 Å². The summed E-state index contributed by atoms with van der Waals surface area (Å²) in [5, 5.41) is 5.24. The number of nitrogens with zero attached hydrogens (tertiary/aromatic N) is 2. The first kappa shape index (κ1) is 4.09. The average molecular weight is 96.1 g/mol. The molecule has 0 saturated heterocycles. The predicted octanol–water partition coefficient (Wildman–Crippen LogP) is -0.405. The molecule has 0 fully saturated rings. The summed E-state index contributed by atoms with van der Waals surface area (Å²) in [7, 11) is 1.77. The smallest absolute Gasteiger partial charge is 0.269 e.